The van der Waals surface area contributed by atoms with Crippen LogP contribution in [0.25, 0.3) is 22.3 Å². The molecule has 6 rings (SSSR count). The molecule has 2 aromatic heterocycles. The second-order valence-electron chi connectivity index (χ2n) is 8.50. The third-order valence-corrected chi connectivity index (χ3v) is 7.12. The van der Waals surface area contributed by atoms with Crippen molar-refractivity contribution in [1.29, 1.82) is 0 Å². The maximum atomic E-state index is 14.5. The Morgan fingerprint density at radius 2 is 2.10 bits per heavy atom. The lowest BCUT2D eigenvalue weighted by Gasteiger charge is -2.29. The van der Waals surface area contributed by atoms with Gasteiger partial charge in [0.2, 0.25) is 0 Å². The van der Waals surface area contributed by atoms with Crippen molar-refractivity contribution in [2.75, 3.05) is 0 Å². The molecule has 3 aromatic rings. The van der Waals surface area contributed by atoms with E-state index in [1.165, 1.54) is 13.0 Å². The predicted molar refractivity (Wildman–Crippen MR) is 110 cm³/mol. The number of hydrogen-bond donors (Lipinski definition) is 2. The van der Waals surface area contributed by atoms with Crippen molar-refractivity contribution in [1.82, 2.24) is 9.55 Å². The van der Waals surface area contributed by atoms with E-state index in [-0.39, 0.29) is 40.9 Å². The zero-order chi connectivity index (χ0) is 21.8. The Balaban J connectivity index is 1.71. The van der Waals surface area contributed by atoms with Crippen LogP contribution in [0.5, 0.6) is 0 Å². The Morgan fingerprint density at radius 1 is 1.32 bits per heavy atom. The Labute approximate surface area is 180 Å². The van der Waals surface area contributed by atoms with Crippen LogP contribution >= 0.6 is 11.6 Å². The SMILES string of the molecule is C[C@@]1(O)C(=O)OCc2c1cc1n(c2=O)Cc2c-1nc1cc(F)c(Cl)c3c1c2C(N)CC3. The lowest BCUT2D eigenvalue weighted by Crippen LogP contribution is -2.42. The molecule has 3 N–H and O–H groups in total. The summed E-state index contributed by atoms with van der Waals surface area (Å²) in [6.45, 7) is 1.34. The summed E-state index contributed by atoms with van der Waals surface area (Å²) in [6.07, 6.45) is 1.14. The first kappa shape index (κ1) is 18.9. The van der Waals surface area contributed by atoms with Gasteiger partial charge in [-0.2, -0.15) is 0 Å². The molecule has 3 aliphatic rings. The second-order valence-corrected chi connectivity index (χ2v) is 8.88. The summed E-state index contributed by atoms with van der Waals surface area (Å²) in [5, 5.41) is 11.5. The van der Waals surface area contributed by atoms with Gasteiger partial charge in [0.05, 0.1) is 34.0 Å². The van der Waals surface area contributed by atoms with Gasteiger partial charge in [0.1, 0.15) is 12.4 Å². The van der Waals surface area contributed by atoms with Crippen LogP contribution in [0.3, 0.4) is 0 Å². The highest BCUT2D eigenvalue weighted by Gasteiger charge is 2.43. The van der Waals surface area contributed by atoms with Gasteiger partial charge in [-0.3, -0.25) is 4.79 Å². The number of nitrogens with two attached hydrogens (primary N) is 1. The molecule has 2 aliphatic heterocycles. The number of fused-ring (bicyclic) bond motifs is 5. The number of aromatic nitrogens is 2. The lowest BCUT2D eigenvalue weighted by atomic mass is 9.84. The number of pyridine rings is 2. The summed E-state index contributed by atoms with van der Waals surface area (Å²) >= 11 is 6.25. The molecule has 7 nitrogen and oxygen atoms in total. The van der Waals surface area contributed by atoms with Gasteiger partial charge in [-0.15, -0.1) is 0 Å². The topological polar surface area (TPSA) is 107 Å². The summed E-state index contributed by atoms with van der Waals surface area (Å²) < 4.78 is 21.0. The molecule has 2 atom stereocenters. The molecule has 0 bridgehead atoms. The van der Waals surface area contributed by atoms with Crippen LogP contribution in [0.15, 0.2) is 16.9 Å². The number of aliphatic hydroxyl groups is 1. The van der Waals surface area contributed by atoms with E-state index in [1.807, 2.05) is 0 Å². The molecular weight excluding hydrogens is 425 g/mol. The first-order valence-corrected chi connectivity index (χ1v) is 10.3. The summed E-state index contributed by atoms with van der Waals surface area (Å²) in [5.74, 6) is -1.36. The van der Waals surface area contributed by atoms with Gasteiger partial charge >= 0.3 is 5.97 Å². The number of aryl methyl sites for hydroxylation is 1. The molecule has 9 heteroatoms. The lowest BCUT2D eigenvalue weighted by molar-refractivity contribution is -0.169. The minimum atomic E-state index is -1.95. The predicted octanol–water partition coefficient (Wildman–Crippen LogP) is 2.43. The quantitative estimate of drug-likeness (QED) is 0.406. The minimum Gasteiger partial charge on any atom is -0.458 e. The van der Waals surface area contributed by atoms with Crippen LogP contribution in [-0.4, -0.2) is 20.6 Å². The number of esters is 1. The van der Waals surface area contributed by atoms with Gasteiger partial charge in [0.15, 0.2) is 5.60 Å². The molecule has 0 spiro atoms. The Morgan fingerprint density at radius 3 is 2.87 bits per heavy atom. The highest BCUT2D eigenvalue weighted by Crippen LogP contribution is 2.45. The molecule has 0 fully saturated rings. The van der Waals surface area contributed by atoms with E-state index in [0.717, 1.165) is 16.5 Å². The van der Waals surface area contributed by atoms with Gasteiger partial charge in [-0.25, -0.2) is 14.2 Å². The number of cyclic esters (lactones) is 1. The van der Waals surface area contributed by atoms with E-state index >= 15 is 0 Å². The normalized spacial score (nSPS) is 23.4. The van der Waals surface area contributed by atoms with E-state index in [2.05, 4.69) is 4.98 Å². The minimum absolute atomic E-state index is 0.0808. The average Bonchev–Trinajstić information content (AvgIpc) is 3.09. The fourth-order valence-corrected chi connectivity index (χ4v) is 5.39. The number of benzene rings is 1. The van der Waals surface area contributed by atoms with Crippen molar-refractivity contribution in [2.45, 2.75) is 44.6 Å². The van der Waals surface area contributed by atoms with Crippen LogP contribution in [0, 0.1) is 5.82 Å². The van der Waals surface area contributed by atoms with Crippen molar-refractivity contribution in [3.63, 3.8) is 0 Å². The molecule has 0 saturated carbocycles. The van der Waals surface area contributed by atoms with Gasteiger partial charge in [0, 0.05) is 28.6 Å². The maximum absolute atomic E-state index is 14.5. The van der Waals surface area contributed by atoms with E-state index in [9.17, 15) is 19.1 Å². The van der Waals surface area contributed by atoms with E-state index in [1.54, 1.807) is 10.6 Å². The number of halogens is 2. The number of nitrogens with zero attached hydrogens (tertiary/aromatic N) is 2. The van der Waals surface area contributed by atoms with Crippen molar-refractivity contribution >= 4 is 28.5 Å². The summed E-state index contributed by atoms with van der Waals surface area (Å²) in [6, 6.07) is 2.59. The number of rotatable bonds is 0. The molecule has 1 aliphatic carbocycles. The summed E-state index contributed by atoms with van der Waals surface area (Å²) in [7, 11) is 0. The van der Waals surface area contributed by atoms with Crippen molar-refractivity contribution in [2.24, 2.45) is 5.73 Å². The maximum Gasteiger partial charge on any atom is 0.342 e. The summed E-state index contributed by atoms with van der Waals surface area (Å²) in [4.78, 5) is 30.0. The van der Waals surface area contributed by atoms with Crippen molar-refractivity contribution in [3.05, 3.63) is 61.1 Å². The van der Waals surface area contributed by atoms with Crippen LogP contribution in [-0.2, 0) is 34.7 Å². The molecular formula is C22H17ClFN3O4. The molecule has 0 saturated heterocycles. The average molecular weight is 442 g/mol. The molecule has 1 unspecified atom stereocenters. The largest absolute Gasteiger partial charge is 0.458 e. The Kier molecular flexibility index (Phi) is 3.60. The highest BCUT2D eigenvalue weighted by molar-refractivity contribution is 6.32. The number of carbonyl (C=O) groups is 1. The van der Waals surface area contributed by atoms with Gasteiger partial charge in [-0.1, -0.05) is 11.6 Å². The smallest absolute Gasteiger partial charge is 0.342 e. The van der Waals surface area contributed by atoms with Crippen LogP contribution in [0.2, 0.25) is 5.02 Å². The molecule has 0 amide bonds. The van der Waals surface area contributed by atoms with Gasteiger partial charge < -0.3 is 20.1 Å². The second kappa shape index (κ2) is 5.91. The fourth-order valence-electron chi connectivity index (χ4n) is 5.14. The standard InChI is InChI=1S/C22H17ClFN3O4/c1-22(30)11-4-15-19-9(6-27(15)20(28)10(11)7-31-21(22)29)16-13(25)3-2-8-17(16)14(26-19)5-12(24)18(8)23/h4-5,13,30H,2-3,6-7,25H2,1H3/t13?,22-/m0/s1. The fraction of sp³-hybridized carbons (Fsp3) is 0.318. The Bertz CT molecular complexity index is 1430. The zero-order valence-electron chi connectivity index (χ0n) is 16.5. The zero-order valence-corrected chi connectivity index (χ0v) is 17.2. The van der Waals surface area contributed by atoms with E-state index in [4.69, 9.17) is 22.1 Å². The summed E-state index contributed by atoms with van der Waals surface area (Å²) in [5.41, 5.74) is 8.28. The van der Waals surface area contributed by atoms with Crippen molar-refractivity contribution in [3.8, 4) is 11.4 Å². The molecule has 0 radical (unpaired) electrons. The molecule has 1 aromatic carbocycles. The molecule has 31 heavy (non-hydrogen) atoms. The monoisotopic (exact) mass is 441 g/mol. The first-order valence-electron chi connectivity index (χ1n) is 9.96. The van der Waals surface area contributed by atoms with Crippen LogP contribution in [0.1, 0.15) is 47.2 Å². The molecule has 158 valence electrons. The first-order chi connectivity index (χ1) is 14.7. The highest BCUT2D eigenvalue weighted by atomic mass is 35.5. The van der Waals surface area contributed by atoms with Gasteiger partial charge in [-0.05, 0) is 37.0 Å². The van der Waals surface area contributed by atoms with E-state index < -0.39 is 17.4 Å². The van der Waals surface area contributed by atoms with Gasteiger partial charge in [0.25, 0.3) is 5.56 Å². The number of carbonyl (C=O) groups excluding carboxylic acids is 1. The van der Waals surface area contributed by atoms with Crippen LogP contribution in [0.4, 0.5) is 4.39 Å². The third-order valence-electron chi connectivity index (χ3n) is 6.71. The Hall–Kier alpha value is -2.81. The van der Waals surface area contributed by atoms with E-state index in [0.29, 0.717) is 35.3 Å². The molecule has 4 heterocycles. The third kappa shape index (κ3) is 2.27. The van der Waals surface area contributed by atoms with Crippen molar-refractivity contribution < 1.29 is 19.0 Å². The number of hydrogen-bond acceptors (Lipinski definition) is 6. The van der Waals surface area contributed by atoms with Crippen LogP contribution < -0.4 is 11.3 Å². The number of ether oxygens (including phenoxy) is 1.